The standard InChI is InChI=1S/C22H21F5N4O2S/c1-20(17-7-21(17,10-32-2)34-19(28)31-20)13-5-12(3-4-14(13)23)6-15(24)16-8-30-18(9-29-16)33-11-22(25,26)27/h3-6,8-9,17H,7,10-11H2,1-2H3,(H2,28,31)/b15-6-/t17?,20-,21-/m1/s1. The molecule has 4 rings (SSSR count). The number of ether oxygens (including phenoxy) is 2. The van der Waals surface area contributed by atoms with Gasteiger partial charge in [0, 0.05) is 18.6 Å². The van der Waals surface area contributed by atoms with Gasteiger partial charge in [0.05, 0.1) is 29.3 Å². The molecule has 3 atom stereocenters. The molecule has 1 aliphatic carbocycles. The Kier molecular flexibility index (Phi) is 6.32. The number of fused-ring (bicyclic) bond motifs is 1. The van der Waals surface area contributed by atoms with Crippen molar-refractivity contribution in [3.8, 4) is 5.88 Å². The third kappa shape index (κ3) is 4.88. The lowest BCUT2D eigenvalue weighted by molar-refractivity contribution is -0.154. The molecule has 6 nitrogen and oxygen atoms in total. The number of hydrogen-bond acceptors (Lipinski definition) is 7. The van der Waals surface area contributed by atoms with Gasteiger partial charge in [-0.1, -0.05) is 17.8 Å². The Morgan fingerprint density at radius 3 is 2.71 bits per heavy atom. The number of aliphatic imine (C=N–C) groups is 1. The van der Waals surface area contributed by atoms with Crippen LogP contribution in [0.25, 0.3) is 11.9 Å². The minimum absolute atomic E-state index is 0.00839. The van der Waals surface area contributed by atoms with E-state index in [1.54, 1.807) is 14.0 Å². The number of nitrogens with two attached hydrogens (primary N) is 1. The van der Waals surface area contributed by atoms with Gasteiger partial charge in [-0.25, -0.2) is 18.7 Å². The van der Waals surface area contributed by atoms with Gasteiger partial charge >= 0.3 is 6.18 Å². The third-order valence-electron chi connectivity index (χ3n) is 5.83. The fourth-order valence-electron chi connectivity index (χ4n) is 4.24. The van der Waals surface area contributed by atoms with Crippen molar-refractivity contribution in [2.24, 2.45) is 16.6 Å². The van der Waals surface area contributed by atoms with Crippen LogP contribution >= 0.6 is 11.8 Å². The van der Waals surface area contributed by atoms with Crippen LogP contribution in [0.5, 0.6) is 5.88 Å². The van der Waals surface area contributed by atoms with Crippen molar-refractivity contribution < 1.29 is 31.4 Å². The highest BCUT2D eigenvalue weighted by atomic mass is 32.2. The Hall–Kier alpha value is -2.73. The van der Waals surface area contributed by atoms with Crippen LogP contribution in [0.2, 0.25) is 0 Å². The second-order valence-corrected chi connectivity index (χ2v) is 9.76. The molecule has 2 aromatic rings. The third-order valence-corrected chi connectivity index (χ3v) is 7.10. The maximum absolute atomic E-state index is 14.9. The zero-order chi connectivity index (χ0) is 24.7. The van der Waals surface area contributed by atoms with Gasteiger partial charge < -0.3 is 15.2 Å². The summed E-state index contributed by atoms with van der Waals surface area (Å²) in [5, 5.41) is 0.336. The second-order valence-electron chi connectivity index (χ2n) is 8.33. The van der Waals surface area contributed by atoms with E-state index < -0.39 is 30.0 Å². The summed E-state index contributed by atoms with van der Waals surface area (Å²) in [4.78, 5) is 11.9. The molecular formula is C22H21F5N4O2S. The summed E-state index contributed by atoms with van der Waals surface area (Å²) in [5.41, 5.74) is 5.52. The second kappa shape index (κ2) is 8.81. The number of aromatic nitrogens is 2. The van der Waals surface area contributed by atoms with E-state index in [1.807, 2.05) is 0 Å². The summed E-state index contributed by atoms with van der Waals surface area (Å²) in [5.74, 6) is -1.70. The van der Waals surface area contributed by atoms with Crippen LogP contribution in [-0.4, -0.2) is 46.4 Å². The molecule has 1 saturated carbocycles. The van der Waals surface area contributed by atoms with E-state index in [4.69, 9.17) is 10.5 Å². The van der Waals surface area contributed by atoms with Gasteiger partial charge in [0.15, 0.2) is 17.6 Å². The fraction of sp³-hybridized carbons (Fsp3) is 0.409. The monoisotopic (exact) mass is 500 g/mol. The predicted molar refractivity (Wildman–Crippen MR) is 118 cm³/mol. The molecule has 1 fully saturated rings. The largest absolute Gasteiger partial charge is 0.467 e. The Balaban J connectivity index is 1.58. The number of nitrogens with zero attached hydrogens (tertiary/aromatic N) is 3. The normalized spacial score (nSPS) is 26.6. The first kappa shape index (κ1) is 24.4. The molecule has 1 aromatic carbocycles. The molecule has 0 bridgehead atoms. The van der Waals surface area contributed by atoms with E-state index in [2.05, 4.69) is 19.7 Å². The van der Waals surface area contributed by atoms with Gasteiger partial charge in [0.2, 0.25) is 5.88 Å². The van der Waals surface area contributed by atoms with Gasteiger partial charge in [-0.15, -0.1) is 0 Å². The minimum atomic E-state index is -4.53. The van der Waals surface area contributed by atoms with Gasteiger partial charge in [-0.3, -0.25) is 4.99 Å². The van der Waals surface area contributed by atoms with Crippen molar-refractivity contribution in [2.45, 2.75) is 29.8 Å². The molecule has 1 aliphatic heterocycles. The Bertz CT molecular complexity index is 1140. The van der Waals surface area contributed by atoms with Gasteiger partial charge in [0.1, 0.15) is 11.5 Å². The number of methoxy groups -OCH3 is 1. The van der Waals surface area contributed by atoms with Crippen LogP contribution in [0.3, 0.4) is 0 Å². The van der Waals surface area contributed by atoms with Crippen molar-refractivity contribution in [3.63, 3.8) is 0 Å². The summed E-state index contributed by atoms with van der Waals surface area (Å²) in [7, 11) is 1.59. The lowest BCUT2D eigenvalue weighted by atomic mass is 9.85. The number of hydrogen-bond donors (Lipinski definition) is 1. The number of halogens is 5. The minimum Gasteiger partial charge on any atom is -0.467 e. The molecule has 0 saturated heterocycles. The molecule has 1 aromatic heterocycles. The van der Waals surface area contributed by atoms with Crippen LogP contribution in [0, 0.1) is 11.7 Å². The molecule has 34 heavy (non-hydrogen) atoms. The number of alkyl halides is 3. The van der Waals surface area contributed by atoms with E-state index in [0.29, 0.717) is 17.3 Å². The average Bonchev–Trinajstić information content (AvgIpc) is 3.48. The first-order chi connectivity index (χ1) is 16.0. The highest BCUT2D eigenvalue weighted by molar-refractivity contribution is 8.15. The Morgan fingerprint density at radius 1 is 1.29 bits per heavy atom. The van der Waals surface area contributed by atoms with E-state index in [9.17, 15) is 22.0 Å². The lowest BCUT2D eigenvalue weighted by Gasteiger charge is -2.34. The fourth-order valence-corrected chi connectivity index (χ4v) is 5.69. The number of benzene rings is 1. The van der Waals surface area contributed by atoms with Crippen LogP contribution in [0.1, 0.15) is 30.2 Å². The van der Waals surface area contributed by atoms with Crippen molar-refractivity contribution in [1.82, 2.24) is 9.97 Å². The maximum atomic E-state index is 14.9. The topological polar surface area (TPSA) is 82.6 Å². The summed E-state index contributed by atoms with van der Waals surface area (Å²) in [6.07, 6.45) is -0.802. The number of thioether (sulfide) groups is 1. The summed E-state index contributed by atoms with van der Waals surface area (Å²) in [6, 6.07) is 4.13. The average molecular weight is 500 g/mol. The van der Waals surface area contributed by atoms with Crippen molar-refractivity contribution in [2.75, 3.05) is 20.3 Å². The molecular weight excluding hydrogens is 479 g/mol. The van der Waals surface area contributed by atoms with Crippen LogP contribution < -0.4 is 10.5 Å². The van der Waals surface area contributed by atoms with E-state index in [1.165, 1.54) is 30.0 Å². The predicted octanol–water partition coefficient (Wildman–Crippen LogP) is 4.71. The summed E-state index contributed by atoms with van der Waals surface area (Å²) < 4.78 is 75.9. The lowest BCUT2D eigenvalue weighted by Crippen LogP contribution is -2.37. The van der Waals surface area contributed by atoms with Gasteiger partial charge in [0.25, 0.3) is 0 Å². The zero-order valence-corrected chi connectivity index (χ0v) is 19.0. The first-order valence-corrected chi connectivity index (χ1v) is 11.0. The van der Waals surface area contributed by atoms with Gasteiger partial charge in [-0.2, -0.15) is 13.2 Å². The van der Waals surface area contributed by atoms with Crippen LogP contribution in [0.4, 0.5) is 22.0 Å². The van der Waals surface area contributed by atoms with E-state index in [-0.39, 0.29) is 27.8 Å². The zero-order valence-electron chi connectivity index (χ0n) is 18.2. The van der Waals surface area contributed by atoms with Crippen LogP contribution in [-0.2, 0) is 10.3 Å². The number of rotatable bonds is 7. The quantitative estimate of drug-likeness (QED) is 0.555. The Morgan fingerprint density at radius 2 is 2.06 bits per heavy atom. The molecule has 0 amide bonds. The van der Waals surface area contributed by atoms with E-state index in [0.717, 1.165) is 24.9 Å². The molecule has 1 unspecified atom stereocenters. The van der Waals surface area contributed by atoms with Crippen molar-refractivity contribution in [3.05, 3.63) is 53.2 Å². The highest BCUT2D eigenvalue weighted by Gasteiger charge is 2.66. The smallest absolute Gasteiger partial charge is 0.422 e. The molecule has 12 heteroatoms. The molecule has 182 valence electrons. The van der Waals surface area contributed by atoms with Crippen molar-refractivity contribution >= 4 is 28.8 Å². The SMILES string of the molecule is COC[C@]12CC1[C@@](C)(c1cc(/C=C(\F)c3cnc(OCC(F)(F)F)cn3)ccc1F)N=C(N)S2. The molecule has 2 aliphatic rings. The summed E-state index contributed by atoms with van der Waals surface area (Å²) >= 11 is 1.43. The highest BCUT2D eigenvalue weighted by Crippen LogP contribution is 2.65. The van der Waals surface area contributed by atoms with Gasteiger partial charge in [-0.05, 0) is 37.1 Å². The van der Waals surface area contributed by atoms with Crippen LogP contribution in [0.15, 0.2) is 35.6 Å². The van der Waals surface area contributed by atoms with Crippen molar-refractivity contribution in [1.29, 1.82) is 0 Å². The van der Waals surface area contributed by atoms with E-state index >= 15 is 0 Å². The Labute approximate surface area is 196 Å². The molecule has 0 radical (unpaired) electrons. The first-order valence-electron chi connectivity index (χ1n) is 10.2. The molecule has 2 N–H and O–H groups in total. The molecule has 0 spiro atoms. The summed E-state index contributed by atoms with van der Waals surface area (Å²) in [6.45, 7) is 0.717. The molecule has 2 heterocycles. The maximum Gasteiger partial charge on any atom is 0.422 e. The number of amidine groups is 1.